The molecule has 0 radical (unpaired) electrons. The molecule has 0 aromatic heterocycles. The van der Waals surface area contributed by atoms with Crippen molar-refractivity contribution >= 4 is 24.8 Å². The van der Waals surface area contributed by atoms with Gasteiger partial charge in [0, 0.05) is 5.88 Å². The summed E-state index contributed by atoms with van der Waals surface area (Å²) in [6.45, 7) is 4.28. The van der Waals surface area contributed by atoms with Crippen LogP contribution in [-0.2, 0) is 5.88 Å². The second-order valence-electron chi connectivity index (χ2n) is 2.97. The first-order valence-electron chi connectivity index (χ1n) is 4.24. The van der Waals surface area contributed by atoms with E-state index in [1.807, 2.05) is 6.07 Å². The van der Waals surface area contributed by atoms with Crippen LogP contribution in [0.3, 0.4) is 0 Å². The van der Waals surface area contributed by atoms with Crippen molar-refractivity contribution in [3.63, 3.8) is 0 Å². The summed E-state index contributed by atoms with van der Waals surface area (Å²) in [6, 6.07) is 5.12. The lowest BCUT2D eigenvalue weighted by Crippen LogP contribution is -2.04. The molecule has 1 aromatic rings. The molecule has 72 valence electrons. The van der Waals surface area contributed by atoms with Gasteiger partial charge < -0.3 is 0 Å². The fraction of sp³-hybridized carbons (Fsp3) is 0.400. The van der Waals surface area contributed by atoms with Gasteiger partial charge >= 0.3 is 0 Å². The Hall–Kier alpha value is -0.130. The van der Waals surface area contributed by atoms with Crippen LogP contribution in [0.25, 0.3) is 0 Å². The third-order valence-electron chi connectivity index (χ3n) is 2.01. The van der Waals surface area contributed by atoms with E-state index >= 15 is 0 Å². The average Bonchev–Trinajstić information content (AvgIpc) is 2.15. The Balaban J connectivity index is 3.01. The second kappa shape index (κ2) is 4.93. The molecule has 0 saturated carbocycles. The first-order chi connectivity index (χ1) is 6.17. The first kappa shape index (κ1) is 10.9. The zero-order chi connectivity index (χ0) is 9.84. The summed E-state index contributed by atoms with van der Waals surface area (Å²) in [5, 5.41) is 1.10. The molecule has 0 saturated heterocycles. The van der Waals surface area contributed by atoms with E-state index in [1.165, 1.54) is 6.07 Å². The van der Waals surface area contributed by atoms with E-state index in [-0.39, 0.29) is 13.7 Å². The number of rotatable bonds is 3. The van der Waals surface area contributed by atoms with Crippen molar-refractivity contribution < 1.29 is 4.39 Å². The highest BCUT2D eigenvalue weighted by molar-refractivity contribution is 7.64. The SMILES string of the molecule is CCP(C)c1cc(F)cc(CCl)c1. The second-order valence-corrected chi connectivity index (χ2v) is 5.78. The van der Waals surface area contributed by atoms with Crippen LogP contribution in [0.4, 0.5) is 4.39 Å². The molecule has 0 fully saturated rings. The number of hydrogen-bond donors (Lipinski definition) is 0. The van der Waals surface area contributed by atoms with Gasteiger partial charge in [0.25, 0.3) is 0 Å². The lowest BCUT2D eigenvalue weighted by Gasteiger charge is -2.10. The van der Waals surface area contributed by atoms with E-state index < -0.39 is 0 Å². The molecule has 0 aliphatic rings. The Morgan fingerprint density at radius 1 is 1.38 bits per heavy atom. The van der Waals surface area contributed by atoms with E-state index in [0.717, 1.165) is 17.0 Å². The summed E-state index contributed by atoms with van der Waals surface area (Å²) < 4.78 is 13.1. The Morgan fingerprint density at radius 3 is 2.62 bits per heavy atom. The molecular formula is C10H13ClFP. The van der Waals surface area contributed by atoms with Crippen molar-refractivity contribution in [3.05, 3.63) is 29.6 Å². The van der Waals surface area contributed by atoms with E-state index in [1.54, 1.807) is 6.07 Å². The van der Waals surface area contributed by atoms with Gasteiger partial charge in [0.15, 0.2) is 0 Å². The van der Waals surface area contributed by atoms with Crippen LogP contribution in [0, 0.1) is 5.82 Å². The summed E-state index contributed by atoms with van der Waals surface area (Å²) in [5.41, 5.74) is 0.875. The molecule has 1 atom stereocenters. The number of halogens is 2. The van der Waals surface area contributed by atoms with Crippen molar-refractivity contribution in [1.82, 2.24) is 0 Å². The minimum Gasteiger partial charge on any atom is -0.207 e. The molecule has 0 heterocycles. The topological polar surface area (TPSA) is 0 Å². The van der Waals surface area contributed by atoms with Crippen LogP contribution in [0.2, 0.25) is 0 Å². The van der Waals surface area contributed by atoms with Gasteiger partial charge in [-0.05, 0) is 41.9 Å². The van der Waals surface area contributed by atoms with Crippen molar-refractivity contribution in [1.29, 1.82) is 0 Å². The standard InChI is InChI=1S/C10H13ClFP/c1-3-13(2)10-5-8(7-11)4-9(12)6-10/h4-6H,3,7H2,1-2H3. The highest BCUT2D eigenvalue weighted by Gasteiger charge is 2.05. The van der Waals surface area contributed by atoms with E-state index in [2.05, 4.69) is 13.6 Å². The maximum absolute atomic E-state index is 13.1. The zero-order valence-corrected chi connectivity index (χ0v) is 9.50. The van der Waals surface area contributed by atoms with Gasteiger partial charge in [0.2, 0.25) is 0 Å². The maximum atomic E-state index is 13.1. The fourth-order valence-corrected chi connectivity index (χ4v) is 2.36. The lowest BCUT2D eigenvalue weighted by atomic mass is 10.2. The van der Waals surface area contributed by atoms with Crippen molar-refractivity contribution in [2.24, 2.45) is 0 Å². The van der Waals surface area contributed by atoms with Crippen molar-refractivity contribution in [3.8, 4) is 0 Å². The minimum atomic E-state index is -0.210. The Labute approximate surface area is 84.9 Å². The summed E-state index contributed by atoms with van der Waals surface area (Å²) in [6.07, 6.45) is 1.08. The fourth-order valence-electron chi connectivity index (χ4n) is 1.11. The summed E-state index contributed by atoms with van der Waals surface area (Å²) in [5.74, 6) is 0.216. The molecule has 0 aliphatic heterocycles. The lowest BCUT2D eigenvalue weighted by molar-refractivity contribution is 0.627. The number of hydrogen-bond acceptors (Lipinski definition) is 0. The molecule has 13 heavy (non-hydrogen) atoms. The predicted octanol–water partition coefficient (Wildman–Crippen LogP) is 3.32. The third-order valence-corrected chi connectivity index (χ3v) is 4.41. The average molecular weight is 219 g/mol. The van der Waals surface area contributed by atoms with Crippen LogP contribution >= 0.6 is 19.5 Å². The van der Waals surface area contributed by atoms with Gasteiger partial charge in [0.05, 0.1) is 0 Å². The number of benzene rings is 1. The van der Waals surface area contributed by atoms with E-state index in [4.69, 9.17) is 11.6 Å². The van der Waals surface area contributed by atoms with Gasteiger partial charge in [-0.1, -0.05) is 14.8 Å². The maximum Gasteiger partial charge on any atom is 0.124 e. The number of alkyl halides is 1. The highest BCUT2D eigenvalue weighted by atomic mass is 35.5. The van der Waals surface area contributed by atoms with Gasteiger partial charge in [0.1, 0.15) is 5.82 Å². The van der Waals surface area contributed by atoms with Crippen LogP contribution < -0.4 is 5.30 Å². The summed E-state index contributed by atoms with van der Waals surface area (Å²) >= 11 is 5.66. The van der Waals surface area contributed by atoms with Gasteiger partial charge in [-0.2, -0.15) is 0 Å². The molecule has 0 bridgehead atoms. The quantitative estimate of drug-likeness (QED) is 0.539. The van der Waals surface area contributed by atoms with Crippen LogP contribution in [0.1, 0.15) is 12.5 Å². The van der Waals surface area contributed by atoms with Crippen molar-refractivity contribution in [2.45, 2.75) is 12.8 Å². The monoisotopic (exact) mass is 218 g/mol. The first-order valence-corrected chi connectivity index (χ1v) is 6.74. The molecule has 0 N–H and O–H groups in total. The Bertz CT molecular complexity index is 288. The van der Waals surface area contributed by atoms with Crippen LogP contribution in [0.5, 0.6) is 0 Å². The van der Waals surface area contributed by atoms with Crippen LogP contribution in [-0.4, -0.2) is 12.8 Å². The Morgan fingerprint density at radius 2 is 2.08 bits per heavy atom. The van der Waals surface area contributed by atoms with Gasteiger partial charge in [-0.15, -0.1) is 11.6 Å². The summed E-state index contributed by atoms with van der Waals surface area (Å²) in [7, 11) is -0.210. The Kier molecular flexibility index (Phi) is 4.15. The predicted molar refractivity (Wildman–Crippen MR) is 59.0 cm³/mol. The van der Waals surface area contributed by atoms with Crippen molar-refractivity contribution in [2.75, 3.05) is 12.8 Å². The molecular weight excluding hydrogens is 206 g/mol. The molecule has 3 heteroatoms. The van der Waals surface area contributed by atoms with Gasteiger partial charge in [-0.3, -0.25) is 0 Å². The van der Waals surface area contributed by atoms with Crippen LogP contribution in [0.15, 0.2) is 18.2 Å². The highest BCUT2D eigenvalue weighted by Crippen LogP contribution is 2.29. The normalized spacial score (nSPS) is 12.9. The molecule has 1 unspecified atom stereocenters. The summed E-state index contributed by atoms with van der Waals surface area (Å²) in [4.78, 5) is 0. The third kappa shape index (κ3) is 2.93. The molecule has 1 aromatic carbocycles. The van der Waals surface area contributed by atoms with E-state index in [0.29, 0.717) is 5.88 Å². The molecule has 0 amide bonds. The van der Waals surface area contributed by atoms with E-state index in [9.17, 15) is 4.39 Å². The molecule has 1 rings (SSSR count). The molecule has 0 spiro atoms. The van der Waals surface area contributed by atoms with Gasteiger partial charge in [-0.25, -0.2) is 4.39 Å². The molecule has 0 nitrogen and oxygen atoms in total. The smallest absolute Gasteiger partial charge is 0.124 e. The zero-order valence-electron chi connectivity index (χ0n) is 7.85. The molecule has 0 aliphatic carbocycles. The minimum absolute atomic E-state index is 0.170. The largest absolute Gasteiger partial charge is 0.207 e.